The molecule has 0 bridgehead atoms. The van der Waals surface area contributed by atoms with Gasteiger partial charge in [-0.15, -0.1) is 0 Å². The third-order valence-corrected chi connectivity index (χ3v) is 16.5. The molecule has 1 aliphatic heterocycles. The highest BCUT2D eigenvalue weighted by molar-refractivity contribution is 6.19. The predicted octanol–water partition coefficient (Wildman–Crippen LogP) is 15.6. The molecular weight excluding hydrogens is 915 g/mol. The van der Waals surface area contributed by atoms with Gasteiger partial charge in [0.1, 0.15) is 6.07 Å². The summed E-state index contributed by atoms with van der Waals surface area (Å²) in [5.74, 6) is 0.716. The predicted molar refractivity (Wildman–Crippen MR) is 310 cm³/mol. The van der Waals surface area contributed by atoms with Crippen LogP contribution in [0.25, 0.3) is 77.2 Å². The van der Waals surface area contributed by atoms with Gasteiger partial charge in [-0.05, 0) is 134 Å². The number of aryl methyl sites for hydroxylation is 2. The molecule has 3 aliphatic carbocycles. The summed E-state index contributed by atoms with van der Waals surface area (Å²) in [6.07, 6.45) is 19.6. The van der Waals surface area contributed by atoms with Crippen molar-refractivity contribution in [1.82, 2.24) is 29.7 Å². The van der Waals surface area contributed by atoms with E-state index >= 15 is 0 Å². The molecule has 1 fully saturated rings. The van der Waals surface area contributed by atoms with Crippen molar-refractivity contribution in [2.75, 3.05) is 0 Å². The molecule has 4 heterocycles. The van der Waals surface area contributed by atoms with E-state index in [1.807, 2.05) is 0 Å². The molecule has 0 spiro atoms. The summed E-state index contributed by atoms with van der Waals surface area (Å²) in [5, 5.41) is 29.8. The molecule has 75 heavy (non-hydrogen) atoms. The van der Waals surface area contributed by atoms with Crippen LogP contribution in [0, 0.1) is 31.1 Å². The molecule has 5 unspecified atom stereocenters. The zero-order valence-corrected chi connectivity index (χ0v) is 42.9. The maximum Gasteiger partial charge on any atom is 0.101 e. The van der Waals surface area contributed by atoms with Gasteiger partial charge in [-0.1, -0.05) is 152 Å². The van der Waals surface area contributed by atoms with Crippen LogP contribution in [0.4, 0.5) is 0 Å². The topological polar surface area (TPSA) is 74.7 Å². The Morgan fingerprint density at radius 1 is 0.573 bits per heavy atom. The highest BCUT2D eigenvalue weighted by atomic mass is 15.4. The molecule has 366 valence electrons. The first-order valence-corrected chi connectivity index (χ1v) is 26.8. The minimum absolute atomic E-state index is 0.198. The van der Waals surface area contributed by atoms with Crippen LogP contribution in [-0.4, -0.2) is 19.9 Å². The monoisotopic (exact) mass is 973 g/mol. The smallest absolute Gasteiger partial charge is 0.101 e. The summed E-state index contributed by atoms with van der Waals surface area (Å²) in [5.41, 5.74) is 20.5. The van der Waals surface area contributed by atoms with Crippen LogP contribution in [0.15, 0.2) is 194 Å². The lowest BCUT2D eigenvalue weighted by atomic mass is 9.88. The van der Waals surface area contributed by atoms with Crippen molar-refractivity contribution >= 4 is 65.8 Å². The fourth-order valence-electron chi connectivity index (χ4n) is 13.3. The Kier molecular flexibility index (Phi) is 10.9. The number of nitrogens with one attached hydrogen (secondary N) is 3. The highest BCUT2D eigenvalue weighted by Crippen LogP contribution is 2.46. The van der Waals surface area contributed by atoms with Crippen molar-refractivity contribution in [2.24, 2.45) is 5.92 Å². The lowest BCUT2D eigenvalue weighted by molar-refractivity contribution is 0.223. The van der Waals surface area contributed by atoms with Gasteiger partial charge in [-0.2, -0.15) is 5.26 Å². The van der Waals surface area contributed by atoms with Crippen LogP contribution in [0.5, 0.6) is 0 Å². The van der Waals surface area contributed by atoms with E-state index in [1.165, 1.54) is 77.5 Å². The first kappa shape index (κ1) is 45.4. The van der Waals surface area contributed by atoms with Crippen LogP contribution in [0.3, 0.4) is 0 Å². The van der Waals surface area contributed by atoms with E-state index in [1.54, 1.807) is 0 Å². The largest absolute Gasteiger partial charge is 0.310 e. The van der Waals surface area contributed by atoms with Crippen LogP contribution < -0.4 is 16.0 Å². The average Bonchev–Trinajstić information content (AvgIpc) is 4.14. The molecule has 0 amide bonds. The minimum atomic E-state index is -0.378. The van der Waals surface area contributed by atoms with Crippen molar-refractivity contribution in [3.05, 3.63) is 238 Å². The van der Waals surface area contributed by atoms with E-state index < -0.39 is 0 Å². The molecule has 7 heteroatoms. The molecule has 5 atom stereocenters. The Morgan fingerprint density at radius 2 is 1.24 bits per heavy atom. The molecule has 7 aromatic carbocycles. The first-order chi connectivity index (χ1) is 36.8. The second-order valence-electron chi connectivity index (χ2n) is 21.4. The summed E-state index contributed by atoms with van der Waals surface area (Å²) in [6, 6.07) is 55.9. The normalized spacial score (nSPS) is 20.7. The second kappa shape index (κ2) is 18.0. The van der Waals surface area contributed by atoms with Crippen molar-refractivity contribution < 1.29 is 0 Å². The molecule has 3 aromatic heterocycles. The minimum Gasteiger partial charge on any atom is -0.310 e. The van der Waals surface area contributed by atoms with E-state index in [9.17, 15) is 5.26 Å². The van der Waals surface area contributed by atoms with Crippen molar-refractivity contribution in [3.8, 4) is 17.4 Å². The molecule has 1 saturated heterocycles. The summed E-state index contributed by atoms with van der Waals surface area (Å²) in [6.45, 7) is 9.12. The summed E-state index contributed by atoms with van der Waals surface area (Å²) in [7, 11) is 0. The molecule has 0 radical (unpaired) electrons. The lowest BCUT2D eigenvalue weighted by Crippen LogP contribution is -2.59. The number of hydrogen-bond donors (Lipinski definition) is 3. The SMILES string of the molecule is CC1=CC(C)Cc2c1n(-c1cc(-n3c4ccccc4c4cc5c(cc43)c3ccccc3n5C3=CCCC=C3)c(C#N)cc1C1NC(C3=CCC(c4ccccc4)C=C3)NC(c3ccccc3)N1)c1c(C)cc(C)cc21. The van der Waals surface area contributed by atoms with Crippen LogP contribution in [-0.2, 0) is 6.42 Å². The number of allylic oxidation sites excluding steroid dienone is 8. The van der Waals surface area contributed by atoms with Crippen LogP contribution in [0.1, 0.15) is 96.0 Å². The number of fused-ring (bicyclic) bond motifs is 9. The second-order valence-corrected chi connectivity index (χ2v) is 21.4. The average molecular weight is 974 g/mol. The van der Waals surface area contributed by atoms with Gasteiger partial charge in [0.15, 0.2) is 0 Å². The Labute approximate surface area is 438 Å². The Morgan fingerprint density at radius 3 is 1.93 bits per heavy atom. The Balaban J connectivity index is 1.03. The van der Waals surface area contributed by atoms with E-state index in [0.29, 0.717) is 17.4 Å². The quantitative estimate of drug-likeness (QED) is 0.149. The number of para-hydroxylation sites is 2. The number of nitriles is 1. The molecule has 4 aliphatic rings. The van der Waals surface area contributed by atoms with Gasteiger partial charge in [0, 0.05) is 44.1 Å². The summed E-state index contributed by atoms with van der Waals surface area (Å²) >= 11 is 0. The maximum atomic E-state index is 11.7. The van der Waals surface area contributed by atoms with E-state index in [2.05, 4.69) is 252 Å². The van der Waals surface area contributed by atoms with Crippen LogP contribution >= 0.6 is 0 Å². The first-order valence-electron chi connectivity index (χ1n) is 26.8. The van der Waals surface area contributed by atoms with Gasteiger partial charge in [0.25, 0.3) is 0 Å². The maximum absolute atomic E-state index is 11.7. The fraction of sp³-hybridized carbons (Fsp3) is 0.191. The van der Waals surface area contributed by atoms with Gasteiger partial charge < -0.3 is 13.7 Å². The molecule has 0 saturated carbocycles. The standard InChI is InChI=1S/C68H59N7/c1-41-32-43(3)64-55(34-41)56-35-42(2)33-44(4)65(56)75(64)63-39-60(74-59-27-17-15-25-52(59)54-37-61-53(38-62(54)74)51-24-14-16-26-58(51)73(61)50-22-12-7-13-23-50)49(40-69)36-57(63)68-71-66(47-20-10-6-11-21-47)70-67(72-68)48-30-28-46(29-31-48)45-18-8-5-9-19-45/h5-6,8-12,14-28,30-34,36-39,42,46,66-68,70-72H,7,13,29,35H2,1-4H3. The zero-order valence-electron chi connectivity index (χ0n) is 42.9. The van der Waals surface area contributed by atoms with Gasteiger partial charge in [0.05, 0.1) is 68.7 Å². The number of benzene rings is 7. The van der Waals surface area contributed by atoms with Gasteiger partial charge in [-0.25, -0.2) is 0 Å². The van der Waals surface area contributed by atoms with Crippen molar-refractivity contribution in [1.29, 1.82) is 5.26 Å². The van der Waals surface area contributed by atoms with E-state index in [4.69, 9.17) is 0 Å². The third-order valence-electron chi connectivity index (χ3n) is 16.5. The number of aromatic nitrogens is 3. The van der Waals surface area contributed by atoms with E-state index in [0.717, 1.165) is 70.0 Å². The summed E-state index contributed by atoms with van der Waals surface area (Å²) in [4.78, 5) is 0. The van der Waals surface area contributed by atoms with Crippen molar-refractivity contribution in [3.63, 3.8) is 0 Å². The van der Waals surface area contributed by atoms with Gasteiger partial charge in [0.2, 0.25) is 0 Å². The highest BCUT2D eigenvalue weighted by Gasteiger charge is 2.35. The Bertz CT molecular complexity index is 4180. The Hall–Kier alpha value is -8.25. The van der Waals surface area contributed by atoms with Crippen LogP contribution in [0.2, 0.25) is 0 Å². The number of rotatable bonds is 7. The third kappa shape index (κ3) is 7.42. The lowest BCUT2D eigenvalue weighted by Gasteiger charge is -2.41. The molecule has 3 N–H and O–H groups in total. The zero-order chi connectivity index (χ0) is 50.5. The molecule has 14 rings (SSSR count). The molecular formula is C68H59N7. The van der Waals surface area contributed by atoms with Crippen molar-refractivity contribution in [2.45, 2.75) is 77.8 Å². The number of nitrogens with zero attached hydrogens (tertiary/aromatic N) is 4. The van der Waals surface area contributed by atoms with Gasteiger partial charge in [-0.3, -0.25) is 16.0 Å². The summed E-state index contributed by atoms with van der Waals surface area (Å²) < 4.78 is 7.38. The van der Waals surface area contributed by atoms with Gasteiger partial charge >= 0.3 is 0 Å². The fourth-order valence-corrected chi connectivity index (χ4v) is 13.3. The molecule has 10 aromatic rings. The van der Waals surface area contributed by atoms with E-state index in [-0.39, 0.29) is 18.5 Å². The number of hydrogen-bond acceptors (Lipinski definition) is 4. The molecule has 7 nitrogen and oxygen atoms in total.